The van der Waals surface area contributed by atoms with Gasteiger partial charge in [-0.05, 0) is 32.8 Å². The highest BCUT2D eigenvalue weighted by Gasteiger charge is 2.46. The molecule has 1 saturated carbocycles. The molecule has 6 nitrogen and oxygen atoms in total. The molecule has 104 valence electrons. The van der Waals surface area contributed by atoms with Gasteiger partial charge in [0, 0.05) is 13.1 Å². The minimum Gasteiger partial charge on any atom is -0.481 e. The van der Waals surface area contributed by atoms with Crippen LogP contribution in [0.25, 0.3) is 0 Å². The average molecular weight is 265 g/mol. The molecule has 1 heterocycles. The number of nitrogens with zero attached hydrogens (tertiary/aromatic N) is 2. The predicted octanol–water partition coefficient (Wildman–Crippen LogP) is 1.10. The van der Waals surface area contributed by atoms with Crippen molar-refractivity contribution in [3.05, 3.63) is 17.5 Å². The van der Waals surface area contributed by atoms with E-state index in [4.69, 9.17) is 0 Å². The molecule has 2 N–H and O–H groups in total. The molecule has 2 rings (SSSR count). The Hall–Kier alpha value is -1.85. The first-order chi connectivity index (χ1) is 8.84. The molecule has 6 heteroatoms. The van der Waals surface area contributed by atoms with Crippen molar-refractivity contribution in [1.82, 2.24) is 15.1 Å². The lowest BCUT2D eigenvalue weighted by molar-refractivity contribution is -0.148. The van der Waals surface area contributed by atoms with Gasteiger partial charge in [0.25, 0.3) is 5.91 Å². The molecule has 1 aromatic heterocycles. The Bertz CT molecular complexity index is 523. The number of aromatic nitrogens is 2. The van der Waals surface area contributed by atoms with Gasteiger partial charge in [0.1, 0.15) is 5.69 Å². The molecule has 0 aromatic carbocycles. The summed E-state index contributed by atoms with van der Waals surface area (Å²) in [5.41, 5.74) is 0.348. The van der Waals surface area contributed by atoms with Gasteiger partial charge in [-0.25, -0.2) is 0 Å². The van der Waals surface area contributed by atoms with Crippen LogP contribution in [0.15, 0.2) is 6.07 Å². The van der Waals surface area contributed by atoms with Crippen LogP contribution in [0.2, 0.25) is 0 Å². The van der Waals surface area contributed by atoms with E-state index in [0.717, 1.165) is 12.1 Å². The molecule has 1 aromatic rings. The molecule has 0 radical (unpaired) electrons. The standard InChI is InChI=1S/C13H19N3O3/c1-8-7-9(16(3)15-8)11(17)14-10-5-4-6-13(10,2)12(18)19/h7,10H,4-6H2,1-3H3,(H,14,17)(H,18,19). The normalized spacial score (nSPS) is 26.4. The van der Waals surface area contributed by atoms with Crippen molar-refractivity contribution in [2.24, 2.45) is 12.5 Å². The van der Waals surface area contributed by atoms with E-state index in [1.807, 2.05) is 6.92 Å². The van der Waals surface area contributed by atoms with E-state index >= 15 is 0 Å². The summed E-state index contributed by atoms with van der Waals surface area (Å²) >= 11 is 0. The van der Waals surface area contributed by atoms with Crippen LogP contribution in [-0.2, 0) is 11.8 Å². The van der Waals surface area contributed by atoms with Crippen LogP contribution in [0, 0.1) is 12.3 Å². The molecule has 1 fully saturated rings. The topological polar surface area (TPSA) is 84.2 Å². The Balaban J connectivity index is 2.15. The summed E-state index contributed by atoms with van der Waals surface area (Å²) in [5.74, 6) is -1.11. The van der Waals surface area contributed by atoms with E-state index in [2.05, 4.69) is 10.4 Å². The van der Waals surface area contributed by atoms with Gasteiger partial charge >= 0.3 is 5.97 Å². The number of carbonyl (C=O) groups excluding carboxylic acids is 1. The third-order valence-electron chi connectivity index (χ3n) is 3.99. The van der Waals surface area contributed by atoms with Crippen molar-refractivity contribution < 1.29 is 14.7 Å². The van der Waals surface area contributed by atoms with Crippen LogP contribution in [0.5, 0.6) is 0 Å². The second-order valence-electron chi connectivity index (χ2n) is 5.44. The third kappa shape index (κ3) is 2.34. The lowest BCUT2D eigenvalue weighted by atomic mass is 9.85. The van der Waals surface area contributed by atoms with Crippen LogP contribution >= 0.6 is 0 Å². The molecular formula is C13H19N3O3. The van der Waals surface area contributed by atoms with Crippen molar-refractivity contribution in [3.8, 4) is 0 Å². The van der Waals surface area contributed by atoms with Crippen LogP contribution < -0.4 is 5.32 Å². The van der Waals surface area contributed by atoms with Gasteiger partial charge in [0.15, 0.2) is 0 Å². The van der Waals surface area contributed by atoms with Gasteiger partial charge in [0.05, 0.1) is 11.1 Å². The van der Waals surface area contributed by atoms with Gasteiger partial charge in [0.2, 0.25) is 0 Å². The molecule has 1 aliphatic carbocycles. The Labute approximate surface area is 111 Å². The van der Waals surface area contributed by atoms with E-state index in [-0.39, 0.29) is 11.9 Å². The number of rotatable bonds is 3. The van der Waals surface area contributed by atoms with Crippen molar-refractivity contribution in [1.29, 1.82) is 0 Å². The molecule has 0 saturated heterocycles. The van der Waals surface area contributed by atoms with Gasteiger partial charge in [-0.15, -0.1) is 0 Å². The number of aliphatic carboxylic acids is 1. The largest absolute Gasteiger partial charge is 0.481 e. The van der Waals surface area contributed by atoms with Crippen LogP contribution in [0.3, 0.4) is 0 Å². The van der Waals surface area contributed by atoms with Gasteiger partial charge < -0.3 is 10.4 Å². The number of carboxylic acid groups (broad SMARTS) is 1. The number of hydrogen-bond donors (Lipinski definition) is 2. The molecule has 0 spiro atoms. The Morgan fingerprint density at radius 3 is 2.79 bits per heavy atom. The second-order valence-corrected chi connectivity index (χ2v) is 5.44. The summed E-state index contributed by atoms with van der Waals surface area (Å²) in [6.07, 6.45) is 2.11. The van der Waals surface area contributed by atoms with Gasteiger partial charge in [-0.1, -0.05) is 6.42 Å². The highest BCUT2D eigenvalue weighted by molar-refractivity contribution is 5.93. The fourth-order valence-corrected chi connectivity index (χ4v) is 2.71. The fraction of sp³-hybridized carbons (Fsp3) is 0.615. The predicted molar refractivity (Wildman–Crippen MR) is 68.8 cm³/mol. The summed E-state index contributed by atoms with van der Waals surface area (Å²) in [4.78, 5) is 23.5. The van der Waals surface area contributed by atoms with Gasteiger partial charge in [-0.3, -0.25) is 14.3 Å². The van der Waals surface area contributed by atoms with E-state index < -0.39 is 11.4 Å². The molecule has 0 bridgehead atoms. The Kier molecular flexibility index (Phi) is 3.34. The maximum atomic E-state index is 12.2. The smallest absolute Gasteiger partial charge is 0.311 e. The van der Waals surface area contributed by atoms with Crippen molar-refractivity contribution in [2.45, 2.75) is 39.2 Å². The molecular weight excluding hydrogens is 246 g/mol. The minimum atomic E-state index is -0.872. The SMILES string of the molecule is Cc1cc(C(=O)NC2CCCC2(C)C(=O)O)n(C)n1. The molecule has 1 aliphatic rings. The lowest BCUT2D eigenvalue weighted by Gasteiger charge is -2.27. The van der Waals surface area contributed by atoms with E-state index in [1.165, 1.54) is 4.68 Å². The quantitative estimate of drug-likeness (QED) is 0.857. The van der Waals surface area contributed by atoms with Crippen molar-refractivity contribution in [3.63, 3.8) is 0 Å². The molecule has 19 heavy (non-hydrogen) atoms. The summed E-state index contributed by atoms with van der Waals surface area (Å²) in [5, 5.41) is 16.3. The fourth-order valence-electron chi connectivity index (χ4n) is 2.71. The minimum absolute atomic E-state index is 0.262. The Morgan fingerprint density at radius 1 is 1.58 bits per heavy atom. The highest BCUT2D eigenvalue weighted by atomic mass is 16.4. The van der Waals surface area contributed by atoms with E-state index in [9.17, 15) is 14.7 Å². The Morgan fingerprint density at radius 2 is 2.26 bits per heavy atom. The molecule has 2 atom stereocenters. The summed E-state index contributed by atoms with van der Waals surface area (Å²) < 4.78 is 1.51. The van der Waals surface area contributed by atoms with Gasteiger partial charge in [-0.2, -0.15) is 5.10 Å². The monoisotopic (exact) mass is 265 g/mol. The summed E-state index contributed by atoms with van der Waals surface area (Å²) in [6, 6.07) is 1.37. The lowest BCUT2D eigenvalue weighted by Crippen LogP contribution is -2.47. The summed E-state index contributed by atoms with van der Waals surface area (Å²) in [6.45, 7) is 3.51. The second kappa shape index (κ2) is 4.68. The molecule has 0 aliphatic heterocycles. The number of hydrogen-bond acceptors (Lipinski definition) is 3. The van der Waals surface area contributed by atoms with Crippen LogP contribution in [-0.4, -0.2) is 32.8 Å². The van der Waals surface area contributed by atoms with Crippen molar-refractivity contribution in [2.75, 3.05) is 0 Å². The van der Waals surface area contributed by atoms with Crippen LogP contribution in [0.1, 0.15) is 42.4 Å². The molecule has 2 unspecified atom stereocenters. The zero-order chi connectivity index (χ0) is 14.2. The van der Waals surface area contributed by atoms with E-state index in [0.29, 0.717) is 18.5 Å². The number of nitrogens with one attached hydrogen (secondary N) is 1. The maximum absolute atomic E-state index is 12.2. The molecule has 1 amide bonds. The summed E-state index contributed by atoms with van der Waals surface area (Å²) in [7, 11) is 1.70. The zero-order valence-corrected chi connectivity index (χ0v) is 11.4. The highest BCUT2D eigenvalue weighted by Crippen LogP contribution is 2.38. The number of carbonyl (C=O) groups is 2. The first-order valence-electron chi connectivity index (χ1n) is 6.39. The number of carboxylic acids is 1. The average Bonchev–Trinajstić information content (AvgIpc) is 2.84. The van der Waals surface area contributed by atoms with Crippen molar-refractivity contribution >= 4 is 11.9 Å². The first kappa shape index (κ1) is 13.6. The third-order valence-corrected chi connectivity index (χ3v) is 3.99. The van der Waals surface area contributed by atoms with E-state index in [1.54, 1.807) is 20.0 Å². The first-order valence-corrected chi connectivity index (χ1v) is 6.39. The maximum Gasteiger partial charge on any atom is 0.311 e. The number of aryl methyl sites for hydroxylation is 2. The zero-order valence-electron chi connectivity index (χ0n) is 11.4. The number of amides is 1. The van der Waals surface area contributed by atoms with Crippen LogP contribution in [0.4, 0.5) is 0 Å².